The van der Waals surface area contributed by atoms with E-state index in [1.165, 1.54) is 6.33 Å². The second-order valence-corrected chi connectivity index (χ2v) is 8.15. The second kappa shape index (κ2) is 6.27. The predicted octanol–water partition coefficient (Wildman–Crippen LogP) is 3.12. The highest BCUT2D eigenvalue weighted by atomic mass is 16.5. The Morgan fingerprint density at radius 3 is 2.82 bits per heavy atom. The number of methoxy groups -OCH3 is 1. The van der Waals surface area contributed by atoms with E-state index in [4.69, 9.17) is 22.9 Å². The number of hydrogen-bond acceptors (Lipinski definition) is 6. The lowest BCUT2D eigenvalue weighted by Gasteiger charge is -2.45. The fourth-order valence-corrected chi connectivity index (χ4v) is 5.28. The van der Waals surface area contributed by atoms with Gasteiger partial charge in [-0.15, -0.1) is 0 Å². The molecule has 146 valence electrons. The van der Waals surface area contributed by atoms with Crippen molar-refractivity contribution in [2.45, 2.75) is 50.7 Å². The Bertz CT molecular complexity index is 1030. The largest absolute Gasteiger partial charge is 0.462 e. The molecule has 6 nitrogen and oxygen atoms in total. The lowest BCUT2D eigenvalue weighted by Crippen LogP contribution is -2.46. The molecule has 0 unspecified atom stereocenters. The highest BCUT2D eigenvalue weighted by Gasteiger charge is 2.61. The van der Waals surface area contributed by atoms with Gasteiger partial charge in [-0.05, 0) is 61.8 Å². The molecular weight excluding hydrogens is 352 g/mol. The van der Waals surface area contributed by atoms with E-state index >= 15 is 0 Å². The molecule has 1 aromatic carbocycles. The summed E-state index contributed by atoms with van der Waals surface area (Å²) >= 11 is 0. The molecule has 2 spiro atoms. The predicted molar refractivity (Wildman–Crippen MR) is 107 cm³/mol. The maximum atomic E-state index is 8.86. The molecule has 1 aliphatic heterocycles. The molecule has 2 N–H and O–H groups in total. The summed E-state index contributed by atoms with van der Waals surface area (Å²) in [7, 11) is 1.74. The second-order valence-electron chi connectivity index (χ2n) is 8.15. The third-order valence-electron chi connectivity index (χ3n) is 6.82. The summed E-state index contributed by atoms with van der Waals surface area (Å²) in [4.78, 5) is 13.2. The smallest absolute Gasteiger partial charge is 0.283 e. The van der Waals surface area contributed by atoms with Crippen molar-refractivity contribution in [3.8, 4) is 11.1 Å². The number of fused-ring (bicyclic) bond motifs is 3. The monoisotopic (exact) mass is 380 g/mol. The number of nitrogens with zero attached hydrogens (tertiary/aromatic N) is 3. The minimum Gasteiger partial charge on any atom is -0.462 e. The zero-order valence-electron chi connectivity index (χ0n) is 18.2. The van der Waals surface area contributed by atoms with Gasteiger partial charge in [0.2, 0.25) is 0 Å². The van der Waals surface area contributed by atoms with Crippen LogP contribution in [-0.4, -0.2) is 35.8 Å². The fourth-order valence-electron chi connectivity index (χ4n) is 5.28. The van der Waals surface area contributed by atoms with Crippen molar-refractivity contribution in [2.75, 3.05) is 13.7 Å². The first-order valence-corrected chi connectivity index (χ1v) is 9.79. The van der Waals surface area contributed by atoms with Gasteiger partial charge in [0, 0.05) is 30.0 Å². The quantitative estimate of drug-likeness (QED) is 0.865. The summed E-state index contributed by atoms with van der Waals surface area (Å²) in [6, 6.07) is 6.12. The van der Waals surface area contributed by atoms with Crippen molar-refractivity contribution >= 4 is 6.02 Å². The van der Waals surface area contributed by atoms with Crippen LogP contribution < -0.4 is 5.73 Å². The SMILES string of the molecule is [2H]C1([2H])OC(N)=N[C@]12c1cc(-c3cncnc3C)ccc1CC21CCC(OC)CC1. The summed E-state index contributed by atoms with van der Waals surface area (Å²) in [5, 5.41) is 0. The molecule has 2 heterocycles. The van der Waals surface area contributed by atoms with Gasteiger partial charge in [0.05, 0.1) is 8.85 Å². The molecule has 5 rings (SSSR count). The average molecular weight is 380 g/mol. The summed E-state index contributed by atoms with van der Waals surface area (Å²) in [5.74, 6) is 0. The molecule has 1 fully saturated rings. The molecule has 2 aromatic rings. The average Bonchev–Trinajstić information content (AvgIpc) is 3.13. The molecule has 1 aromatic heterocycles. The number of rotatable bonds is 2. The molecule has 6 heteroatoms. The van der Waals surface area contributed by atoms with E-state index in [9.17, 15) is 0 Å². The van der Waals surface area contributed by atoms with Gasteiger partial charge in [-0.2, -0.15) is 0 Å². The number of aromatic nitrogens is 2. The Balaban J connectivity index is 1.70. The van der Waals surface area contributed by atoms with E-state index in [1.807, 2.05) is 13.0 Å². The first-order valence-electron chi connectivity index (χ1n) is 10.8. The van der Waals surface area contributed by atoms with Crippen LogP contribution in [0.25, 0.3) is 11.1 Å². The molecule has 1 saturated carbocycles. The molecule has 0 saturated heterocycles. The Morgan fingerprint density at radius 2 is 2.14 bits per heavy atom. The molecule has 0 radical (unpaired) electrons. The molecule has 1 atom stereocenters. The number of aliphatic imine (C=N–C) groups is 1. The summed E-state index contributed by atoms with van der Waals surface area (Å²) in [6.07, 6.45) is 7.64. The number of ether oxygens (including phenoxy) is 2. The van der Waals surface area contributed by atoms with Crippen LogP contribution in [0, 0.1) is 12.3 Å². The van der Waals surface area contributed by atoms with Gasteiger partial charge in [0.1, 0.15) is 18.4 Å². The fraction of sp³-hybridized carbons (Fsp3) is 0.500. The third kappa shape index (κ3) is 2.40. The highest BCUT2D eigenvalue weighted by Crippen LogP contribution is 2.61. The van der Waals surface area contributed by atoms with Gasteiger partial charge in [-0.25, -0.2) is 15.0 Å². The molecule has 0 bridgehead atoms. The van der Waals surface area contributed by atoms with E-state index < -0.39 is 17.5 Å². The molecule has 28 heavy (non-hydrogen) atoms. The summed E-state index contributed by atoms with van der Waals surface area (Å²) in [6.45, 7) is -0.0787. The Hall–Kier alpha value is -2.47. The first-order chi connectivity index (χ1) is 14.3. The number of nitrogens with two attached hydrogens (primary N) is 1. The van der Waals surface area contributed by atoms with E-state index in [-0.39, 0.29) is 12.1 Å². The van der Waals surface area contributed by atoms with Crippen molar-refractivity contribution < 1.29 is 12.2 Å². The molecule has 0 amide bonds. The van der Waals surface area contributed by atoms with Crippen LogP contribution in [0.4, 0.5) is 0 Å². The van der Waals surface area contributed by atoms with Gasteiger partial charge >= 0.3 is 0 Å². The van der Waals surface area contributed by atoms with Gasteiger partial charge < -0.3 is 15.2 Å². The van der Waals surface area contributed by atoms with Crippen LogP contribution >= 0.6 is 0 Å². The zero-order valence-corrected chi connectivity index (χ0v) is 16.2. The zero-order chi connectivity index (χ0) is 21.1. The number of aryl methyl sites for hydroxylation is 1. The lowest BCUT2D eigenvalue weighted by atomic mass is 9.62. The van der Waals surface area contributed by atoms with E-state index in [0.29, 0.717) is 0 Å². The van der Waals surface area contributed by atoms with E-state index in [1.54, 1.807) is 13.3 Å². The standard InChI is InChI=1S/C22H26N4O2/c1-14-18(11-24-13-25-14)15-3-4-16-10-21(7-5-17(27-2)6-8-21)22(19(16)9-15)12-28-20(23)26-22/h3-4,9,11,13,17H,5-8,10,12H2,1-2H3,(H2,23,26)/t17?,21?,22-/m0/s1/i12D2. The number of hydrogen-bond donors (Lipinski definition) is 1. The molecule has 3 aliphatic rings. The van der Waals surface area contributed by atoms with Crippen LogP contribution in [0.1, 0.15) is 45.2 Å². The number of amidine groups is 1. The summed E-state index contributed by atoms with van der Waals surface area (Å²) in [5.41, 5.74) is 9.14. The summed E-state index contributed by atoms with van der Waals surface area (Å²) < 4.78 is 28.8. The minimum absolute atomic E-state index is 0.0780. The highest BCUT2D eigenvalue weighted by molar-refractivity contribution is 5.76. The molecule has 2 aliphatic carbocycles. The van der Waals surface area contributed by atoms with Gasteiger partial charge in [0.25, 0.3) is 6.02 Å². The van der Waals surface area contributed by atoms with Crippen molar-refractivity contribution in [1.82, 2.24) is 9.97 Å². The van der Waals surface area contributed by atoms with Crippen molar-refractivity contribution in [1.29, 1.82) is 0 Å². The van der Waals surface area contributed by atoms with Gasteiger partial charge in [-0.1, -0.05) is 12.1 Å². The Labute approximate surface area is 168 Å². The third-order valence-corrected chi connectivity index (χ3v) is 6.82. The van der Waals surface area contributed by atoms with Crippen molar-refractivity contribution in [3.05, 3.63) is 47.5 Å². The Kier molecular flexibility index (Phi) is 3.46. The van der Waals surface area contributed by atoms with Crippen LogP contribution in [0.5, 0.6) is 0 Å². The van der Waals surface area contributed by atoms with E-state index in [2.05, 4.69) is 22.1 Å². The first kappa shape index (κ1) is 15.5. The van der Waals surface area contributed by atoms with Crippen LogP contribution in [0.15, 0.2) is 35.7 Å². The Morgan fingerprint density at radius 1 is 1.32 bits per heavy atom. The van der Waals surface area contributed by atoms with Crippen LogP contribution in [0.2, 0.25) is 0 Å². The molecular formula is C22H26N4O2. The lowest BCUT2D eigenvalue weighted by molar-refractivity contribution is -0.00983. The van der Waals surface area contributed by atoms with Crippen molar-refractivity contribution in [2.24, 2.45) is 16.1 Å². The topological polar surface area (TPSA) is 82.6 Å². The minimum atomic E-state index is -2.02. The van der Waals surface area contributed by atoms with Crippen molar-refractivity contribution in [3.63, 3.8) is 0 Å². The van der Waals surface area contributed by atoms with E-state index in [0.717, 1.165) is 60.1 Å². The van der Waals surface area contributed by atoms with Crippen LogP contribution in [-0.2, 0) is 21.4 Å². The maximum Gasteiger partial charge on any atom is 0.283 e. The van der Waals surface area contributed by atoms with Gasteiger partial charge in [0.15, 0.2) is 0 Å². The maximum absolute atomic E-state index is 8.86. The number of benzene rings is 1. The van der Waals surface area contributed by atoms with Crippen LogP contribution in [0.3, 0.4) is 0 Å². The van der Waals surface area contributed by atoms with Gasteiger partial charge in [-0.3, -0.25) is 0 Å². The normalized spacial score (nSPS) is 33.9.